The van der Waals surface area contributed by atoms with Crippen LogP contribution in [0.25, 0.3) is 16.6 Å². The molecule has 0 bridgehead atoms. The Morgan fingerprint density at radius 2 is 1.87 bits per heavy atom. The van der Waals surface area contributed by atoms with E-state index in [4.69, 9.17) is 4.74 Å². The zero-order chi connectivity index (χ0) is 21.4. The molecule has 0 unspecified atom stereocenters. The molecule has 0 radical (unpaired) electrons. The number of aromatic nitrogens is 2. The molecule has 0 fully saturated rings. The summed E-state index contributed by atoms with van der Waals surface area (Å²) in [5.41, 5.74) is 3.42. The SMILES string of the molecule is O=C(O)C(=C(Cc1cccs1)C(=O)c1ccc2c(c1)CCO2)c1ccc2nsnc2c1. The minimum absolute atomic E-state index is 0.00921. The van der Waals surface area contributed by atoms with Crippen molar-refractivity contribution in [2.24, 2.45) is 0 Å². The predicted molar refractivity (Wildman–Crippen MR) is 120 cm³/mol. The first-order valence-corrected chi connectivity index (χ1v) is 11.2. The summed E-state index contributed by atoms with van der Waals surface area (Å²) < 4.78 is 13.9. The first kappa shape index (κ1) is 19.6. The number of hydrogen-bond donors (Lipinski definition) is 1. The molecule has 3 heterocycles. The van der Waals surface area contributed by atoms with Crippen LogP contribution in [0.3, 0.4) is 0 Å². The van der Waals surface area contributed by atoms with Gasteiger partial charge in [0, 0.05) is 28.9 Å². The van der Waals surface area contributed by atoms with E-state index in [9.17, 15) is 14.7 Å². The average molecular weight is 449 g/mol. The van der Waals surface area contributed by atoms with Gasteiger partial charge in [0.05, 0.1) is 23.9 Å². The largest absolute Gasteiger partial charge is 0.493 e. The number of thiophene rings is 1. The van der Waals surface area contributed by atoms with E-state index >= 15 is 0 Å². The van der Waals surface area contributed by atoms with Gasteiger partial charge in [-0.05, 0) is 52.9 Å². The second-order valence-electron chi connectivity index (χ2n) is 7.13. The van der Waals surface area contributed by atoms with E-state index in [0.29, 0.717) is 28.8 Å². The van der Waals surface area contributed by atoms with Crippen molar-refractivity contribution in [2.45, 2.75) is 12.8 Å². The Hall–Kier alpha value is -3.36. The fourth-order valence-corrected chi connectivity index (χ4v) is 4.97. The number of allylic oxidation sites excluding steroid dienone is 1. The summed E-state index contributed by atoms with van der Waals surface area (Å²) >= 11 is 2.56. The summed E-state index contributed by atoms with van der Waals surface area (Å²) in [6.45, 7) is 0.590. The summed E-state index contributed by atoms with van der Waals surface area (Å²) in [5.74, 6) is -0.663. The third kappa shape index (κ3) is 3.75. The lowest BCUT2D eigenvalue weighted by Gasteiger charge is -2.13. The lowest BCUT2D eigenvalue weighted by molar-refractivity contribution is -0.130. The predicted octanol–water partition coefficient (Wildman–Crippen LogP) is 4.65. The molecule has 1 aliphatic rings. The number of fused-ring (bicyclic) bond motifs is 2. The number of carbonyl (C=O) groups excluding carboxylic acids is 1. The minimum Gasteiger partial charge on any atom is -0.493 e. The maximum atomic E-state index is 13.6. The highest BCUT2D eigenvalue weighted by atomic mass is 32.1. The number of aliphatic carboxylic acids is 1. The van der Waals surface area contributed by atoms with Crippen molar-refractivity contribution < 1.29 is 19.4 Å². The molecule has 2 aromatic heterocycles. The topological polar surface area (TPSA) is 89.4 Å². The average Bonchev–Trinajstić information content (AvgIpc) is 3.52. The molecule has 0 aliphatic carbocycles. The number of carboxylic acids is 1. The molecule has 4 aromatic rings. The Bertz CT molecular complexity index is 1340. The van der Waals surface area contributed by atoms with E-state index in [0.717, 1.165) is 34.3 Å². The molecule has 6 nitrogen and oxygen atoms in total. The molecule has 1 N–H and O–H groups in total. The van der Waals surface area contributed by atoms with Gasteiger partial charge in [-0.3, -0.25) is 4.79 Å². The Morgan fingerprint density at radius 3 is 2.68 bits per heavy atom. The molecule has 0 saturated heterocycles. The van der Waals surface area contributed by atoms with Gasteiger partial charge >= 0.3 is 5.97 Å². The van der Waals surface area contributed by atoms with Gasteiger partial charge in [-0.15, -0.1) is 11.3 Å². The first-order valence-electron chi connectivity index (χ1n) is 9.62. The van der Waals surface area contributed by atoms with Crippen LogP contribution in [0.15, 0.2) is 59.5 Å². The van der Waals surface area contributed by atoms with Crippen molar-refractivity contribution >= 4 is 51.4 Å². The van der Waals surface area contributed by atoms with Crippen LogP contribution < -0.4 is 4.74 Å². The molecule has 2 aromatic carbocycles. The van der Waals surface area contributed by atoms with Gasteiger partial charge < -0.3 is 9.84 Å². The van der Waals surface area contributed by atoms with Crippen LogP contribution in [0.4, 0.5) is 0 Å². The minimum atomic E-state index is -1.15. The normalized spacial score (nSPS) is 13.5. The number of benzene rings is 2. The fraction of sp³-hybridized carbons (Fsp3) is 0.130. The van der Waals surface area contributed by atoms with Crippen molar-refractivity contribution in [1.82, 2.24) is 8.75 Å². The molecular weight excluding hydrogens is 432 g/mol. The molecule has 0 atom stereocenters. The maximum Gasteiger partial charge on any atom is 0.336 e. The number of nitrogens with zero attached hydrogens (tertiary/aromatic N) is 2. The second kappa shape index (κ2) is 8.05. The third-order valence-electron chi connectivity index (χ3n) is 5.21. The number of Topliss-reactive ketones (excluding diaryl/α,β-unsaturated/α-hetero) is 1. The number of rotatable bonds is 6. The number of ether oxygens (including phenoxy) is 1. The standard InChI is InChI=1S/C23H16N2O4S2/c26-22(15-4-6-20-13(10-15)7-8-29-20)17(12-16-2-1-9-30-16)21(23(27)28)14-3-5-18-19(11-14)25-31-24-18/h1-6,9-11H,7-8,12H2,(H,27,28). The Labute approximate surface area is 185 Å². The molecule has 154 valence electrons. The smallest absolute Gasteiger partial charge is 0.336 e. The van der Waals surface area contributed by atoms with Crippen LogP contribution in [-0.2, 0) is 17.6 Å². The number of hydrogen-bond acceptors (Lipinski definition) is 7. The molecule has 1 aliphatic heterocycles. The van der Waals surface area contributed by atoms with E-state index in [2.05, 4.69) is 8.75 Å². The van der Waals surface area contributed by atoms with Crippen molar-refractivity contribution in [3.05, 3.63) is 81.1 Å². The van der Waals surface area contributed by atoms with Crippen LogP contribution >= 0.6 is 23.1 Å². The zero-order valence-electron chi connectivity index (χ0n) is 16.2. The van der Waals surface area contributed by atoms with Crippen molar-refractivity contribution in [3.63, 3.8) is 0 Å². The monoisotopic (exact) mass is 448 g/mol. The van der Waals surface area contributed by atoms with Crippen molar-refractivity contribution in [3.8, 4) is 5.75 Å². The van der Waals surface area contributed by atoms with Crippen LogP contribution in [-0.4, -0.2) is 32.2 Å². The van der Waals surface area contributed by atoms with Gasteiger partial charge in [-0.1, -0.05) is 12.1 Å². The highest BCUT2D eigenvalue weighted by Crippen LogP contribution is 2.31. The molecular formula is C23H16N2O4S2. The summed E-state index contributed by atoms with van der Waals surface area (Å²) in [6, 6.07) is 14.2. The molecule has 5 rings (SSSR count). The van der Waals surface area contributed by atoms with Crippen LogP contribution in [0.2, 0.25) is 0 Å². The van der Waals surface area contributed by atoms with Gasteiger partial charge in [0.15, 0.2) is 5.78 Å². The Kier molecular flexibility index (Phi) is 5.09. The quantitative estimate of drug-likeness (QED) is 0.341. The number of ketones is 1. The van der Waals surface area contributed by atoms with Crippen molar-refractivity contribution in [2.75, 3.05) is 6.61 Å². The Balaban J connectivity index is 1.67. The molecule has 0 spiro atoms. The van der Waals surface area contributed by atoms with E-state index in [1.807, 2.05) is 23.6 Å². The van der Waals surface area contributed by atoms with Crippen molar-refractivity contribution in [1.29, 1.82) is 0 Å². The maximum absolute atomic E-state index is 13.6. The van der Waals surface area contributed by atoms with Crippen LogP contribution in [0.1, 0.15) is 26.4 Å². The van der Waals surface area contributed by atoms with E-state index in [1.54, 1.807) is 30.3 Å². The number of carboxylic acid groups (broad SMARTS) is 1. The van der Waals surface area contributed by atoms with E-state index in [-0.39, 0.29) is 23.4 Å². The van der Waals surface area contributed by atoms with Crippen LogP contribution in [0.5, 0.6) is 5.75 Å². The molecule has 31 heavy (non-hydrogen) atoms. The van der Waals surface area contributed by atoms with Gasteiger partial charge in [-0.25, -0.2) is 4.79 Å². The van der Waals surface area contributed by atoms with Gasteiger partial charge in [0.1, 0.15) is 16.8 Å². The molecule has 0 saturated carbocycles. The van der Waals surface area contributed by atoms with E-state index < -0.39 is 5.97 Å². The first-order chi connectivity index (χ1) is 15.1. The summed E-state index contributed by atoms with van der Waals surface area (Å²) in [4.78, 5) is 26.9. The fourth-order valence-electron chi connectivity index (χ4n) is 3.74. The molecule has 0 amide bonds. The zero-order valence-corrected chi connectivity index (χ0v) is 17.8. The lowest BCUT2D eigenvalue weighted by Crippen LogP contribution is -2.14. The highest BCUT2D eigenvalue weighted by Gasteiger charge is 2.25. The van der Waals surface area contributed by atoms with Gasteiger partial charge in [-0.2, -0.15) is 8.75 Å². The summed E-state index contributed by atoms with van der Waals surface area (Å²) in [6.07, 6.45) is 0.971. The van der Waals surface area contributed by atoms with Gasteiger partial charge in [0.25, 0.3) is 0 Å². The second-order valence-corrected chi connectivity index (χ2v) is 8.69. The third-order valence-corrected chi connectivity index (χ3v) is 6.65. The van der Waals surface area contributed by atoms with E-state index in [1.165, 1.54) is 11.3 Å². The van der Waals surface area contributed by atoms with Gasteiger partial charge in [0.2, 0.25) is 0 Å². The summed E-state index contributed by atoms with van der Waals surface area (Å²) in [5, 5.41) is 12.1. The number of carbonyl (C=O) groups is 2. The Morgan fingerprint density at radius 1 is 1.03 bits per heavy atom. The molecule has 8 heteroatoms. The lowest BCUT2D eigenvalue weighted by atomic mass is 9.90. The highest BCUT2D eigenvalue weighted by molar-refractivity contribution is 7.09. The van der Waals surface area contributed by atoms with Crippen LogP contribution in [0, 0.1) is 0 Å². The summed E-state index contributed by atoms with van der Waals surface area (Å²) in [7, 11) is 0.